The van der Waals surface area contributed by atoms with Crippen molar-refractivity contribution >= 4 is 39.0 Å². The number of hydrogen-bond acceptors (Lipinski definition) is 6. The molecular weight excluding hydrogens is 538 g/mol. The number of benzene rings is 3. The summed E-state index contributed by atoms with van der Waals surface area (Å²) in [4.78, 5) is 29.1. The highest BCUT2D eigenvalue weighted by molar-refractivity contribution is 9.10. The van der Waals surface area contributed by atoms with Crippen molar-refractivity contribution in [2.75, 3.05) is 6.61 Å². The maximum atomic E-state index is 13.2. The number of ether oxygens (including phenoxy) is 2. The number of halogens is 1. The van der Waals surface area contributed by atoms with Crippen molar-refractivity contribution in [2.24, 2.45) is 5.10 Å². The normalized spacial score (nSPS) is 11.4. The van der Waals surface area contributed by atoms with E-state index in [9.17, 15) is 14.7 Å². The quantitative estimate of drug-likeness (QED) is 0.256. The van der Waals surface area contributed by atoms with Gasteiger partial charge in [-0.2, -0.15) is 9.78 Å². The maximum Gasteiger partial charge on any atom is 0.335 e. The van der Waals surface area contributed by atoms with Crippen LogP contribution in [-0.2, 0) is 6.61 Å². The SMILES string of the molecule is CCOc1cc(C=Nn2c(C(C)C)nc3ccc(Br)cc3c2=O)ccc1OCc1cccc(C(=O)O)c1. The number of carboxylic acids is 1. The molecule has 3 aromatic carbocycles. The lowest BCUT2D eigenvalue weighted by molar-refractivity contribution is 0.0696. The van der Waals surface area contributed by atoms with Crippen molar-refractivity contribution in [3.8, 4) is 11.5 Å². The molecule has 0 bridgehead atoms. The Morgan fingerprint density at radius 3 is 2.65 bits per heavy atom. The van der Waals surface area contributed by atoms with Crippen molar-refractivity contribution in [3.63, 3.8) is 0 Å². The molecule has 0 aliphatic rings. The Balaban J connectivity index is 1.63. The fourth-order valence-electron chi connectivity index (χ4n) is 3.72. The van der Waals surface area contributed by atoms with Gasteiger partial charge in [-0.05, 0) is 66.6 Å². The van der Waals surface area contributed by atoms with Gasteiger partial charge in [0, 0.05) is 10.4 Å². The molecule has 0 aliphatic heterocycles. The summed E-state index contributed by atoms with van der Waals surface area (Å²) in [7, 11) is 0. The van der Waals surface area contributed by atoms with Crippen molar-refractivity contribution in [1.82, 2.24) is 9.66 Å². The molecular formula is C28H26BrN3O5. The Kier molecular flexibility index (Phi) is 8.03. The molecule has 1 heterocycles. The summed E-state index contributed by atoms with van der Waals surface area (Å²) in [6.45, 7) is 6.40. The summed E-state index contributed by atoms with van der Waals surface area (Å²) in [5, 5.41) is 14.2. The van der Waals surface area contributed by atoms with Crippen molar-refractivity contribution in [2.45, 2.75) is 33.3 Å². The minimum atomic E-state index is -0.991. The van der Waals surface area contributed by atoms with Gasteiger partial charge in [0.05, 0.1) is 29.3 Å². The summed E-state index contributed by atoms with van der Waals surface area (Å²) in [6.07, 6.45) is 1.58. The molecule has 37 heavy (non-hydrogen) atoms. The van der Waals surface area contributed by atoms with Crippen LogP contribution in [0.25, 0.3) is 10.9 Å². The van der Waals surface area contributed by atoms with E-state index in [1.165, 1.54) is 10.7 Å². The molecule has 190 valence electrons. The highest BCUT2D eigenvalue weighted by Crippen LogP contribution is 2.29. The second kappa shape index (κ2) is 11.4. The third kappa shape index (κ3) is 6.06. The zero-order chi connectivity index (χ0) is 26.5. The van der Waals surface area contributed by atoms with Crippen molar-refractivity contribution < 1.29 is 19.4 Å². The second-order valence-corrected chi connectivity index (χ2v) is 9.50. The van der Waals surface area contributed by atoms with E-state index in [0.717, 1.165) is 10.0 Å². The van der Waals surface area contributed by atoms with Gasteiger partial charge in [0.1, 0.15) is 12.4 Å². The first kappa shape index (κ1) is 26.1. The average Bonchev–Trinajstić information content (AvgIpc) is 2.88. The van der Waals surface area contributed by atoms with Crippen LogP contribution in [0.1, 0.15) is 54.0 Å². The van der Waals surface area contributed by atoms with Crippen LogP contribution in [0.2, 0.25) is 0 Å². The van der Waals surface area contributed by atoms with Crippen LogP contribution in [-0.4, -0.2) is 33.6 Å². The van der Waals surface area contributed by atoms with Crippen LogP contribution in [0.5, 0.6) is 11.5 Å². The van der Waals surface area contributed by atoms with Crippen LogP contribution < -0.4 is 15.0 Å². The van der Waals surface area contributed by atoms with Gasteiger partial charge in [-0.15, -0.1) is 0 Å². The highest BCUT2D eigenvalue weighted by atomic mass is 79.9. The minimum Gasteiger partial charge on any atom is -0.490 e. The van der Waals surface area contributed by atoms with E-state index in [1.807, 2.05) is 32.9 Å². The van der Waals surface area contributed by atoms with Crippen molar-refractivity contribution in [3.05, 3.63) is 98.0 Å². The smallest absolute Gasteiger partial charge is 0.335 e. The first-order valence-electron chi connectivity index (χ1n) is 11.7. The molecule has 0 atom stereocenters. The van der Waals surface area contributed by atoms with Gasteiger partial charge in [-0.25, -0.2) is 9.78 Å². The Labute approximate surface area is 222 Å². The van der Waals surface area contributed by atoms with Gasteiger partial charge in [-0.1, -0.05) is 41.9 Å². The molecule has 0 unspecified atom stereocenters. The second-order valence-electron chi connectivity index (χ2n) is 8.58. The topological polar surface area (TPSA) is 103 Å². The number of aromatic carboxylic acids is 1. The molecule has 0 spiro atoms. The van der Waals surface area contributed by atoms with E-state index >= 15 is 0 Å². The third-order valence-corrected chi connectivity index (χ3v) is 6.00. The molecule has 0 amide bonds. The molecule has 0 radical (unpaired) electrons. The monoisotopic (exact) mass is 563 g/mol. The van der Waals surface area contributed by atoms with Gasteiger partial charge in [-0.3, -0.25) is 4.79 Å². The van der Waals surface area contributed by atoms with Gasteiger partial charge in [0.15, 0.2) is 11.5 Å². The number of rotatable bonds is 9. The molecule has 0 saturated heterocycles. The number of aromatic nitrogens is 2. The van der Waals surface area contributed by atoms with Crippen molar-refractivity contribution in [1.29, 1.82) is 0 Å². The maximum absolute atomic E-state index is 13.2. The zero-order valence-electron chi connectivity index (χ0n) is 20.6. The van der Waals surface area contributed by atoms with Gasteiger partial charge in [0.2, 0.25) is 0 Å². The van der Waals surface area contributed by atoms with E-state index in [0.29, 0.717) is 40.4 Å². The standard InChI is InChI=1S/C28H26BrN3O5/c1-4-36-25-13-18(8-11-24(25)37-16-19-6-5-7-20(12-19)28(34)35)15-30-32-26(17(2)3)31-23-10-9-21(29)14-22(23)27(32)33/h5-15,17H,4,16H2,1-3H3,(H,34,35). The van der Waals surface area contributed by atoms with Crippen LogP contribution in [0.15, 0.2) is 75.0 Å². The molecule has 4 aromatic rings. The fraction of sp³-hybridized carbons (Fsp3) is 0.214. The van der Waals surface area contributed by atoms with Crippen LogP contribution in [0.3, 0.4) is 0 Å². The van der Waals surface area contributed by atoms with Gasteiger partial charge in [0.25, 0.3) is 5.56 Å². The minimum absolute atomic E-state index is 0.0210. The molecule has 1 N–H and O–H groups in total. The Hall–Kier alpha value is -3.98. The lowest BCUT2D eigenvalue weighted by Gasteiger charge is -2.13. The lowest BCUT2D eigenvalue weighted by Crippen LogP contribution is -2.23. The molecule has 9 heteroatoms. The van der Waals surface area contributed by atoms with Crippen LogP contribution >= 0.6 is 15.9 Å². The predicted molar refractivity (Wildman–Crippen MR) is 146 cm³/mol. The molecule has 8 nitrogen and oxygen atoms in total. The summed E-state index contributed by atoms with van der Waals surface area (Å²) < 4.78 is 13.8. The number of fused-ring (bicyclic) bond motifs is 1. The zero-order valence-corrected chi connectivity index (χ0v) is 22.2. The Morgan fingerprint density at radius 1 is 1.11 bits per heavy atom. The summed E-state index contributed by atoms with van der Waals surface area (Å²) in [5.74, 6) is 0.571. The van der Waals surface area contributed by atoms with E-state index in [-0.39, 0.29) is 23.6 Å². The lowest BCUT2D eigenvalue weighted by atomic mass is 10.1. The number of carboxylic acid groups (broad SMARTS) is 1. The Bertz CT molecular complexity index is 1550. The van der Waals surface area contributed by atoms with E-state index < -0.39 is 5.97 Å². The highest BCUT2D eigenvalue weighted by Gasteiger charge is 2.14. The number of nitrogens with zero attached hydrogens (tertiary/aromatic N) is 3. The average molecular weight is 564 g/mol. The molecule has 0 fully saturated rings. The first-order valence-corrected chi connectivity index (χ1v) is 12.5. The van der Waals surface area contributed by atoms with Crippen LogP contribution in [0, 0.1) is 0 Å². The molecule has 0 aliphatic carbocycles. The molecule has 4 rings (SSSR count). The van der Waals surface area contributed by atoms with E-state index in [2.05, 4.69) is 26.0 Å². The summed E-state index contributed by atoms with van der Waals surface area (Å²) in [6, 6.07) is 17.3. The largest absolute Gasteiger partial charge is 0.490 e. The molecule has 0 saturated carbocycles. The van der Waals surface area contributed by atoms with E-state index in [4.69, 9.17) is 9.47 Å². The molecule has 1 aromatic heterocycles. The van der Waals surface area contributed by atoms with Gasteiger partial charge >= 0.3 is 5.97 Å². The Morgan fingerprint density at radius 2 is 1.92 bits per heavy atom. The van der Waals surface area contributed by atoms with Gasteiger partial charge < -0.3 is 14.6 Å². The summed E-state index contributed by atoms with van der Waals surface area (Å²) in [5.41, 5.74) is 2.00. The summed E-state index contributed by atoms with van der Waals surface area (Å²) >= 11 is 3.41. The van der Waals surface area contributed by atoms with E-state index in [1.54, 1.807) is 48.7 Å². The van der Waals surface area contributed by atoms with Crippen LogP contribution in [0.4, 0.5) is 0 Å². The number of hydrogen-bond donors (Lipinski definition) is 1. The third-order valence-electron chi connectivity index (χ3n) is 5.51. The predicted octanol–water partition coefficient (Wildman–Crippen LogP) is 5.84. The number of carbonyl (C=O) groups is 1. The first-order chi connectivity index (χ1) is 17.8. The fourth-order valence-corrected chi connectivity index (χ4v) is 4.08.